The van der Waals surface area contributed by atoms with Crippen LogP contribution >= 0.6 is 0 Å². The molecule has 0 aliphatic rings. The normalized spacial score (nSPS) is 10.8. The Balaban J connectivity index is 1.90. The van der Waals surface area contributed by atoms with Gasteiger partial charge in [0, 0.05) is 16.7 Å². The summed E-state index contributed by atoms with van der Waals surface area (Å²) in [5, 5.41) is 5.00. The lowest BCUT2D eigenvalue weighted by Crippen LogP contribution is -1.99. The van der Waals surface area contributed by atoms with Crippen LogP contribution in [0.15, 0.2) is 72.8 Å². The lowest BCUT2D eigenvalue weighted by atomic mass is 10.0. The molecular formula is C25H24N2O2. The first-order chi connectivity index (χ1) is 14.1. The fourth-order valence-corrected chi connectivity index (χ4v) is 3.48. The Labute approximate surface area is 171 Å². The average molecular weight is 384 g/mol. The summed E-state index contributed by atoms with van der Waals surface area (Å²) in [6.07, 6.45) is 0. The zero-order valence-electron chi connectivity index (χ0n) is 17.1. The highest BCUT2D eigenvalue weighted by molar-refractivity contribution is 5.76. The van der Waals surface area contributed by atoms with Gasteiger partial charge in [0.2, 0.25) is 0 Å². The van der Waals surface area contributed by atoms with Gasteiger partial charge in [-0.2, -0.15) is 5.10 Å². The Bertz CT molecular complexity index is 1110. The number of methoxy groups -OCH3 is 2. The molecule has 1 heterocycles. The number of aryl methyl sites for hydroxylation is 1. The van der Waals surface area contributed by atoms with Crippen LogP contribution in [0.5, 0.6) is 11.5 Å². The summed E-state index contributed by atoms with van der Waals surface area (Å²) < 4.78 is 12.6. The van der Waals surface area contributed by atoms with Gasteiger partial charge in [-0.3, -0.25) is 0 Å². The summed E-state index contributed by atoms with van der Waals surface area (Å²) in [5.74, 6) is 1.67. The molecule has 0 saturated heterocycles. The second kappa shape index (κ2) is 7.84. The van der Waals surface area contributed by atoms with Crippen molar-refractivity contribution >= 4 is 0 Å². The first-order valence-corrected chi connectivity index (χ1v) is 9.56. The summed E-state index contributed by atoms with van der Waals surface area (Å²) in [7, 11) is 3.35. The van der Waals surface area contributed by atoms with E-state index in [0.717, 1.165) is 45.3 Å². The van der Waals surface area contributed by atoms with Crippen LogP contribution in [-0.4, -0.2) is 24.0 Å². The third kappa shape index (κ3) is 3.61. The molecule has 4 heteroatoms. The van der Waals surface area contributed by atoms with Crippen molar-refractivity contribution in [1.82, 2.24) is 9.78 Å². The van der Waals surface area contributed by atoms with E-state index in [0.29, 0.717) is 0 Å². The molecule has 0 spiro atoms. The van der Waals surface area contributed by atoms with Gasteiger partial charge in [-0.05, 0) is 74.5 Å². The number of rotatable bonds is 5. The van der Waals surface area contributed by atoms with Gasteiger partial charge in [0.25, 0.3) is 0 Å². The molecule has 4 nitrogen and oxygen atoms in total. The topological polar surface area (TPSA) is 36.3 Å². The molecule has 3 aromatic carbocycles. The summed E-state index contributed by atoms with van der Waals surface area (Å²) in [4.78, 5) is 0. The monoisotopic (exact) mass is 384 g/mol. The molecule has 0 atom stereocenters. The van der Waals surface area contributed by atoms with Crippen LogP contribution in [0.25, 0.3) is 28.2 Å². The molecule has 29 heavy (non-hydrogen) atoms. The lowest BCUT2D eigenvalue weighted by molar-refractivity contribution is 0.414. The van der Waals surface area contributed by atoms with Crippen LogP contribution in [0.2, 0.25) is 0 Å². The molecule has 4 rings (SSSR count). The highest BCUT2D eigenvalue weighted by Gasteiger charge is 2.18. The van der Waals surface area contributed by atoms with Gasteiger partial charge in [0.1, 0.15) is 11.5 Å². The van der Waals surface area contributed by atoms with Gasteiger partial charge in [-0.25, -0.2) is 4.68 Å². The molecule has 146 valence electrons. The van der Waals surface area contributed by atoms with Crippen LogP contribution in [0, 0.1) is 13.8 Å². The van der Waals surface area contributed by atoms with E-state index in [2.05, 4.69) is 50.2 Å². The van der Waals surface area contributed by atoms with Crippen LogP contribution in [0.4, 0.5) is 0 Å². The highest BCUT2D eigenvalue weighted by Crippen LogP contribution is 2.35. The Morgan fingerprint density at radius 1 is 0.655 bits per heavy atom. The zero-order valence-corrected chi connectivity index (χ0v) is 17.1. The van der Waals surface area contributed by atoms with E-state index in [4.69, 9.17) is 14.6 Å². The Kier molecular flexibility index (Phi) is 5.09. The summed E-state index contributed by atoms with van der Waals surface area (Å²) in [5.41, 5.74) is 7.56. The maximum absolute atomic E-state index is 5.33. The molecule has 0 unspecified atom stereocenters. The SMILES string of the molecule is COc1ccc(-c2nn(-c3ccc(C)cc3)c(-c3ccc(OC)cc3)c2C)cc1. The van der Waals surface area contributed by atoms with E-state index in [1.165, 1.54) is 5.56 Å². The predicted octanol–water partition coefficient (Wildman–Crippen LogP) is 5.84. The Hall–Kier alpha value is -3.53. The zero-order chi connectivity index (χ0) is 20.4. The van der Waals surface area contributed by atoms with Gasteiger partial charge in [0.05, 0.1) is 31.3 Å². The molecule has 0 N–H and O–H groups in total. The van der Waals surface area contributed by atoms with Crippen molar-refractivity contribution in [3.63, 3.8) is 0 Å². The Morgan fingerprint density at radius 2 is 1.17 bits per heavy atom. The van der Waals surface area contributed by atoms with E-state index >= 15 is 0 Å². The number of nitrogens with zero attached hydrogens (tertiary/aromatic N) is 2. The van der Waals surface area contributed by atoms with Gasteiger partial charge in [0.15, 0.2) is 0 Å². The van der Waals surface area contributed by atoms with Gasteiger partial charge in [-0.15, -0.1) is 0 Å². The van der Waals surface area contributed by atoms with E-state index in [-0.39, 0.29) is 0 Å². The molecule has 0 bridgehead atoms. The van der Waals surface area contributed by atoms with Crippen molar-refractivity contribution in [1.29, 1.82) is 0 Å². The number of aromatic nitrogens is 2. The highest BCUT2D eigenvalue weighted by atomic mass is 16.5. The van der Waals surface area contributed by atoms with E-state index in [1.54, 1.807) is 14.2 Å². The molecule has 4 aromatic rings. The van der Waals surface area contributed by atoms with E-state index < -0.39 is 0 Å². The average Bonchev–Trinajstić information content (AvgIpc) is 3.11. The largest absolute Gasteiger partial charge is 0.497 e. The van der Waals surface area contributed by atoms with Gasteiger partial charge < -0.3 is 9.47 Å². The quantitative estimate of drug-likeness (QED) is 0.434. The molecule has 0 aliphatic heterocycles. The predicted molar refractivity (Wildman–Crippen MR) is 117 cm³/mol. The van der Waals surface area contributed by atoms with E-state index in [1.807, 2.05) is 41.1 Å². The first-order valence-electron chi connectivity index (χ1n) is 9.56. The molecule has 0 fully saturated rings. The van der Waals surface area contributed by atoms with Crippen molar-refractivity contribution in [3.05, 3.63) is 83.9 Å². The van der Waals surface area contributed by atoms with Crippen LogP contribution < -0.4 is 9.47 Å². The summed E-state index contributed by atoms with van der Waals surface area (Å²) >= 11 is 0. The molecule has 0 saturated carbocycles. The van der Waals surface area contributed by atoms with Crippen molar-refractivity contribution in [2.75, 3.05) is 14.2 Å². The maximum Gasteiger partial charge on any atom is 0.118 e. The third-order valence-electron chi connectivity index (χ3n) is 5.13. The lowest BCUT2D eigenvalue weighted by Gasteiger charge is -2.10. The van der Waals surface area contributed by atoms with Crippen LogP contribution in [0.3, 0.4) is 0 Å². The van der Waals surface area contributed by atoms with Crippen molar-refractivity contribution < 1.29 is 9.47 Å². The summed E-state index contributed by atoms with van der Waals surface area (Å²) in [6, 6.07) is 24.6. The standard InChI is InChI=1S/C25H24N2O2/c1-17-5-11-21(12-6-17)27-25(20-9-15-23(29-4)16-10-20)18(2)24(26-27)19-7-13-22(28-3)14-8-19/h5-16H,1-4H3. The second-order valence-corrected chi connectivity index (χ2v) is 7.03. The fourth-order valence-electron chi connectivity index (χ4n) is 3.48. The fraction of sp³-hybridized carbons (Fsp3) is 0.160. The third-order valence-corrected chi connectivity index (χ3v) is 5.13. The molecule has 0 aliphatic carbocycles. The Morgan fingerprint density at radius 3 is 1.69 bits per heavy atom. The number of hydrogen-bond acceptors (Lipinski definition) is 3. The minimum atomic E-state index is 0.833. The van der Waals surface area contributed by atoms with E-state index in [9.17, 15) is 0 Å². The number of benzene rings is 3. The molecule has 0 radical (unpaired) electrons. The molecular weight excluding hydrogens is 360 g/mol. The van der Waals surface area contributed by atoms with Crippen molar-refractivity contribution in [3.8, 4) is 39.7 Å². The van der Waals surface area contributed by atoms with Gasteiger partial charge >= 0.3 is 0 Å². The van der Waals surface area contributed by atoms with Crippen LogP contribution in [-0.2, 0) is 0 Å². The number of ether oxygens (including phenoxy) is 2. The minimum Gasteiger partial charge on any atom is -0.497 e. The smallest absolute Gasteiger partial charge is 0.118 e. The van der Waals surface area contributed by atoms with Crippen molar-refractivity contribution in [2.45, 2.75) is 13.8 Å². The summed E-state index contributed by atoms with van der Waals surface area (Å²) in [6.45, 7) is 4.21. The molecule has 1 aromatic heterocycles. The maximum atomic E-state index is 5.33. The second-order valence-electron chi connectivity index (χ2n) is 7.03. The van der Waals surface area contributed by atoms with Crippen molar-refractivity contribution in [2.24, 2.45) is 0 Å². The molecule has 0 amide bonds. The first kappa shape index (κ1) is 18.8. The van der Waals surface area contributed by atoms with Gasteiger partial charge in [-0.1, -0.05) is 17.7 Å². The van der Waals surface area contributed by atoms with Crippen LogP contribution in [0.1, 0.15) is 11.1 Å². The number of hydrogen-bond donors (Lipinski definition) is 0. The minimum absolute atomic E-state index is 0.833.